The van der Waals surface area contributed by atoms with Crippen LogP contribution >= 0.6 is 0 Å². The average molecular weight is 852 g/mol. The van der Waals surface area contributed by atoms with Gasteiger partial charge in [-0.1, -0.05) is 231 Å². The second-order valence-corrected chi connectivity index (χ2v) is 18.0. The predicted molar refractivity (Wildman–Crippen MR) is 279 cm³/mol. The fourth-order valence-electron chi connectivity index (χ4n) is 11.8. The predicted octanol–water partition coefficient (Wildman–Crippen LogP) is 16.7. The van der Waals surface area contributed by atoms with Gasteiger partial charge in [-0.05, 0) is 131 Å². The van der Waals surface area contributed by atoms with Crippen molar-refractivity contribution in [2.24, 2.45) is 0 Å². The summed E-state index contributed by atoms with van der Waals surface area (Å²) in [6.45, 7) is 0. The van der Waals surface area contributed by atoms with Gasteiger partial charge in [-0.2, -0.15) is 0 Å². The summed E-state index contributed by atoms with van der Waals surface area (Å²) in [6.07, 6.45) is 0. The third-order valence-electron chi connectivity index (χ3n) is 14.6. The Kier molecular flexibility index (Phi) is 9.05. The first-order valence-corrected chi connectivity index (χ1v) is 23.3. The Morgan fingerprint density at radius 2 is 0.537 bits per heavy atom. The molecule has 0 saturated heterocycles. The summed E-state index contributed by atoms with van der Waals surface area (Å²) in [5, 5.41) is 2.49. The third kappa shape index (κ3) is 5.88. The van der Waals surface area contributed by atoms with Crippen LogP contribution in [0.1, 0.15) is 44.5 Å². The Bertz CT molecular complexity index is 3330. The maximum absolute atomic E-state index is 2.41. The summed E-state index contributed by atoms with van der Waals surface area (Å²) < 4.78 is 0. The van der Waals surface area contributed by atoms with Crippen LogP contribution in [0.25, 0.3) is 44.2 Å². The van der Waals surface area contributed by atoms with E-state index in [1.165, 1.54) is 88.7 Å². The molecule has 0 bridgehead atoms. The molecule has 0 atom stereocenters. The van der Waals surface area contributed by atoms with E-state index >= 15 is 0 Å². The topological polar surface area (TPSA) is 3.24 Å². The van der Waals surface area contributed by atoms with Gasteiger partial charge in [-0.15, -0.1) is 0 Å². The number of rotatable bonds is 8. The molecule has 2 aliphatic rings. The van der Waals surface area contributed by atoms with E-state index in [-0.39, 0.29) is 0 Å². The summed E-state index contributed by atoms with van der Waals surface area (Å²) in [6, 6.07) is 101. The quantitative estimate of drug-likeness (QED) is 0.147. The SMILES string of the molecule is c1ccc(C2(c3ccc(N(c4ccc(-c5ccc6ccccc6c5)cc4)c4ccc(C5(c6ccccc6)c6ccccc6-c6ccccc65)cc4)cc3)c3ccccc3-c3ccccc32)cc1. The molecule has 0 N–H and O–H groups in total. The van der Waals surface area contributed by atoms with Crippen LogP contribution in [0, 0.1) is 0 Å². The molecule has 0 amide bonds. The zero-order valence-corrected chi connectivity index (χ0v) is 36.9. The lowest BCUT2D eigenvalue weighted by molar-refractivity contribution is 0.768. The van der Waals surface area contributed by atoms with Gasteiger partial charge in [0.15, 0.2) is 0 Å². The van der Waals surface area contributed by atoms with Gasteiger partial charge in [0, 0.05) is 17.1 Å². The molecule has 1 heteroatoms. The summed E-state index contributed by atoms with van der Waals surface area (Å²) in [4.78, 5) is 2.41. The molecule has 0 unspecified atom stereocenters. The highest BCUT2D eigenvalue weighted by Gasteiger charge is 2.47. The summed E-state index contributed by atoms with van der Waals surface area (Å²) >= 11 is 0. The van der Waals surface area contributed by atoms with Gasteiger partial charge in [-0.25, -0.2) is 0 Å². The van der Waals surface area contributed by atoms with Crippen molar-refractivity contribution < 1.29 is 0 Å². The lowest BCUT2D eigenvalue weighted by atomic mass is 9.67. The van der Waals surface area contributed by atoms with Crippen molar-refractivity contribution in [2.45, 2.75) is 10.8 Å². The van der Waals surface area contributed by atoms with Crippen LogP contribution in [-0.2, 0) is 10.8 Å². The zero-order valence-electron chi connectivity index (χ0n) is 36.9. The van der Waals surface area contributed by atoms with E-state index in [1.807, 2.05) is 0 Å². The molecular formula is C66H45N. The number of anilines is 3. The van der Waals surface area contributed by atoms with Crippen molar-refractivity contribution in [3.63, 3.8) is 0 Å². The fraction of sp³-hybridized carbons (Fsp3) is 0.0303. The lowest BCUT2D eigenvalue weighted by Gasteiger charge is -2.35. The van der Waals surface area contributed by atoms with Crippen molar-refractivity contribution >= 4 is 27.8 Å². The van der Waals surface area contributed by atoms with Crippen LogP contribution in [-0.4, -0.2) is 0 Å². The minimum Gasteiger partial charge on any atom is -0.311 e. The molecule has 0 aromatic heterocycles. The van der Waals surface area contributed by atoms with Crippen LogP contribution in [0.2, 0.25) is 0 Å². The largest absolute Gasteiger partial charge is 0.311 e. The highest BCUT2D eigenvalue weighted by Crippen LogP contribution is 2.58. The van der Waals surface area contributed by atoms with Gasteiger partial charge in [0.1, 0.15) is 0 Å². The van der Waals surface area contributed by atoms with Crippen molar-refractivity contribution in [3.05, 3.63) is 317 Å². The fourth-order valence-corrected chi connectivity index (χ4v) is 11.8. The Morgan fingerprint density at radius 1 is 0.224 bits per heavy atom. The molecule has 0 spiro atoms. The maximum Gasteiger partial charge on any atom is 0.0713 e. The molecule has 1 nitrogen and oxygen atoms in total. The molecule has 0 fully saturated rings. The number of benzene rings is 11. The summed E-state index contributed by atoms with van der Waals surface area (Å²) in [5.74, 6) is 0. The van der Waals surface area contributed by atoms with Crippen molar-refractivity contribution in [1.82, 2.24) is 0 Å². The first-order valence-electron chi connectivity index (χ1n) is 23.3. The van der Waals surface area contributed by atoms with Crippen LogP contribution < -0.4 is 4.90 Å². The molecule has 0 saturated carbocycles. The van der Waals surface area contributed by atoms with Crippen LogP contribution in [0.5, 0.6) is 0 Å². The number of fused-ring (bicyclic) bond motifs is 7. The van der Waals surface area contributed by atoms with E-state index < -0.39 is 10.8 Å². The molecular weight excluding hydrogens is 807 g/mol. The van der Waals surface area contributed by atoms with E-state index in [0.29, 0.717) is 0 Å². The van der Waals surface area contributed by atoms with Gasteiger partial charge in [-0.3, -0.25) is 0 Å². The minimum absolute atomic E-state index is 0.472. The first kappa shape index (κ1) is 38.9. The second-order valence-electron chi connectivity index (χ2n) is 18.0. The van der Waals surface area contributed by atoms with Gasteiger partial charge >= 0.3 is 0 Å². The van der Waals surface area contributed by atoms with Crippen LogP contribution in [0.15, 0.2) is 273 Å². The Hall–Kier alpha value is -8.52. The second kappa shape index (κ2) is 15.6. The molecule has 13 rings (SSSR count). The Morgan fingerprint density at radius 3 is 0.955 bits per heavy atom. The molecule has 0 heterocycles. The van der Waals surface area contributed by atoms with Crippen LogP contribution in [0.4, 0.5) is 17.1 Å². The monoisotopic (exact) mass is 851 g/mol. The molecule has 0 aliphatic heterocycles. The van der Waals surface area contributed by atoms with E-state index in [0.717, 1.165) is 17.1 Å². The van der Waals surface area contributed by atoms with Gasteiger partial charge < -0.3 is 4.90 Å². The highest BCUT2D eigenvalue weighted by atomic mass is 15.1. The average Bonchev–Trinajstić information content (AvgIpc) is 3.89. The van der Waals surface area contributed by atoms with E-state index in [1.54, 1.807) is 0 Å². The van der Waals surface area contributed by atoms with Crippen molar-refractivity contribution in [3.8, 4) is 33.4 Å². The lowest BCUT2D eigenvalue weighted by Crippen LogP contribution is -2.28. The third-order valence-corrected chi connectivity index (χ3v) is 14.6. The molecule has 2 aliphatic carbocycles. The highest BCUT2D eigenvalue weighted by molar-refractivity contribution is 5.90. The van der Waals surface area contributed by atoms with Gasteiger partial charge in [0.25, 0.3) is 0 Å². The zero-order chi connectivity index (χ0) is 44.4. The van der Waals surface area contributed by atoms with Crippen molar-refractivity contribution in [2.75, 3.05) is 4.90 Å². The Balaban J connectivity index is 0.972. The minimum atomic E-state index is -0.472. The Labute approximate surface area is 392 Å². The smallest absolute Gasteiger partial charge is 0.0713 e. The standard InChI is InChI=1S/C66H45N/c1-3-19-50(20-4-1)65(61-27-13-9-23-57(61)58-24-10-14-28-62(58)65)52-35-41-55(42-36-52)67(54-39-33-47(34-40-54)49-32-31-46-17-7-8-18-48(46)45-49)56-43-37-53(38-44-56)66(51-21-5-2-6-22-51)63-29-15-11-25-59(63)60-26-12-16-30-64(60)66/h1-45H. The molecule has 0 radical (unpaired) electrons. The summed E-state index contributed by atoms with van der Waals surface area (Å²) in [7, 11) is 0. The molecule has 11 aromatic rings. The number of hydrogen-bond acceptors (Lipinski definition) is 1. The van der Waals surface area contributed by atoms with E-state index in [9.17, 15) is 0 Å². The molecule has 11 aromatic carbocycles. The number of hydrogen-bond donors (Lipinski definition) is 0. The van der Waals surface area contributed by atoms with Crippen molar-refractivity contribution in [1.29, 1.82) is 0 Å². The number of nitrogens with zero attached hydrogens (tertiary/aromatic N) is 1. The van der Waals surface area contributed by atoms with Gasteiger partial charge in [0.05, 0.1) is 10.8 Å². The van der Waals surface area contributed by atoms with E-state index in [4.69, 9.17) is 0 Å². The normalized spacial score (nSPS) is 13.6. The summed E-state index contributed by atoms with van der Waals surface area (Å²) in [5.41, 5.74) is 20.2. The van der Waals surface area contributed by atoms with Gasteiger partial charge in [0.2, 0.25) is 0 Å². The maximum atomic E-state index is 2.41. The van der Waals surface area contributed by atoms with E-state index in [2.05, 4.69) is 278 Å². The van der Waals surface area contributed by atoms with Crippen LogP contribution in [0.3, 0.4) is 0 Å². The molecule has 314 valence electrons. The first-order chi connectivity index (χ1) is 33.2. The molecule has 67 heavy (non-hydrogen) atoms.